The molecule has 116 valence electrons. The van der Waals surface area contributed by atoms with Crippen molar-refractivity contribution < 1.29 is 14.9 Å². The van der Waals surface area contributed by atoms with Gasteiger partial charge in [0.05, 0.1) is 0 Å². The van der Waals surface area contributed by atoms with Gasteiger partial charge >= 0.3 is 126 Å². The molecule has 19 heavy (non-hydrogen) atoms. The summed E-state index contributed by atoms with van der Waals surface area (Å²) in [6, 6.07) is 0. The monoisotopic (exact) mass is 310 g/mol. The molecule has 2 aliphatic rings. The third-order valence-corrected chi connectivity index (χ3v) is 7.59. The van der Waals surface area contributed by atoms with E-state index in [9.17, 15) is 0 Å². The van der Waals surface area contributed by atoms with E-state index >= 15 is 0 Å². The van der Waals surface area contributed by atoms with Gasteiger partial charge in [-0.15, -0.1) is 0 Å². The van der Waals surface area contributed by atoms with Crippen LogP contribution in [0.4, 0.5) is 0 Å². The summed E-state index contributed by atoms with van der Waals surface area (Å²) < 4.78 is 5.36. The molecule has 0 atom stereocenters. The Balaban J connectivity index is 2.24. The van der Waals surface area contributed by atoms with Gasteiger partial charge in [0.2, 0.25) is 0 Å². The minimum absolute atomic E-state index is 0.304. The fourth-order valence-corrected chi connectivity index (χ4v) is 5.34. The molecular formula is C16H32N2Ni. The Morgan fingerprint density at radius 1 is 0.526 bits per heavy atom. The van der Waals surface area contributed by atoms with Gasteiger partial charge in [-0.25, -0.2) is 0 Å². The molecule has 0 aromatic carbocycles. The van der Waals surface area contributed by atoms with E-state index in [1.54, 1.807) is 14.9 Å². The third-order valence-electron chi connectivity index (χ3n) is 4.80. The van der Waals surface area contributed by atoms with Crippen molar-refractivity contribution >= 4 is 0 Å². The number of hydrogen-bond donors (Lipinski definition) is 0. The molecule has 2 heterocycles. The van der Waals surface area contributed by atoms with E-state index in [4.69, 9.17) is 0 Å². The Morgan fingerprint density at radius 3 is 0.947 bits per heavy atom. The van der Waals surface area contributed by atoms with Crippen LogP contribution >= 0.6 is 0 Å². The summed E-state index contributed by atoms with van der Waals surface area (Å²) in [6.45, 7) is 19.2. The number of nitrogens with zero attached hydrogens (tertiary/aromatic N) is 2. The van der Waals surface area contributed by atoms with Crippen LogP contribution in [0.15, 0.2) is 0 Å². The molecule has 0 spiro atoms. The van der Waals surface area contributed by atoms with Gasteiger partial charge in [-0.3, -0.25) is 0 Å². The first-order valence-corrected chi connectivity index (χ1v) is 8.47. The molecular weight excluding hydrogens is 279 g/mol. The molecule has 0 N–H and O–H groups in total. The zero-order chi connectivity index (χ0) is 14.7. The molecule has 2 rings (SSSR count). The molecule has 2 aliphatic heterocycles. The van der Waals surface area contributed by atoms with Crippen LogP contribution in [0.3, 0.4) is 0 Å². The second-order valence-corrected chi connectivity index (χ2v) is 9.90. The minimum atomic E-state index is 0.304. The van der Waals surface area contributed by atoms with Gasteiger partial charge in [0.1, 0.15) is 0 Å². The van der Waals surface area contributed by atoms with Crippen molar-refractivity contribution in [1.29, 1.82) is 0 Å². The molecule has 3 heteroatoms. The topological polar surface area (TPSA) is 6.48 Å². The molecule has 0 aliphatic carbocycles. The quantitative estimate of drug-likeness (QED) is 0.705. The molecule has 0 bridgehead atoms. The molecule has 0 aromatic heterocycles. The Labute approximate surface area is 126 Å². The van der Waals surface area contributed by atoms with Crippen molar-refractivity contribution in [3.63, 3.8) is 0 Å². The van der Waals surface area contributed by atoms with Crippen molar-refractivity contribution in [2.75, 3.05) is 0 Å². The fraction of sp³-hybridized carbons (Fsp3) is 1.00. The Bertz CT molecular complexity index is 292. The zero-order valence-electron chi connectivity index (χ0n) is 14.0. The van der Waals surface area contributed by atoms with Crippen LogP contribution in [0.25, 0.3) is 0 Å². The van der Waals surface area contributed by atoms with Gasteiger partial charge in [0.15, 0.2) is 0 Å². The molecule has 0 unspecified atom stereocenters. The molecule has 2 fully saturated rings. The summed E-state index contributed by atoms with van der Waals surface area (Å²) in [7, 11) is 0. The van der Waals surface area contributed by atoms with E-state index in [-0.39, 0.29) is 0 Å². The first kappa shape index (κ1) is 15.8. The van der Waals surface area contributed by atoms with E-state index in [0.29, 0.717) is 22.2 Å². The average Bonchev–Trinajstić information content (AvgIpc) is 2.55. The van der Waals surface area contributed by atoms with Gasteiger partial charge in [-0.1, -0.05) is 0 Å². The van der Waals surface area contributed by atoms with Crippen molar-refractivity contribution in [3.8, 4) is 0 Å². The molecule has 2 saturated heterocycles. The van der Waals surface area contributed by atoms with Gasteiger partial charge < -0.3 is 0 Å². The Kier molecular flexibility index (Phi) is 3.70. The summed E-state index contributed by atoms with van der Waals surface area (Å²) in [5.74, 6) is 0. The van der Waals surface area contributed by atoms with Gasteiger partial charge in [-0.2, -0.15) is 0 Å². The van der Waals surface area contributed by atoms with E-state index in [0.717, 1.165) is 0 Å². The Morgan fingerprint density at radius 2 is 0.737 bits per heavy atom. The van der Waals surface area contributed by atoms with E-state index in [2.05, 4.69) is 63.4 Å². The van der Waals surface area contributed by atoms with Crippen LogP contribution < -0.4 is 0 Å². The molecule has 0 radical (unpaired) electrons. The predicted molar refractivity (Wildman–Crippen MR) is 78.5 cm³/mol. The molecule has 0 amide bonds. The Hall–Kier alpha value is 0.414. The predicted octanol–water partition coefficient (Wildman–Crippen LogP) is 4.20. The van der Waals surface area contributed by atoms with Crippen LogP contribution in [0, 0.1) is 0 Å². The van der Waals surface area contributed by atoms with Crippen molar-refractivity contribution in [2.24, 2.45) is 0 Å². The summed E-state index contributed by atoms with van der Waals surface area (Å²) in [4.78, 5) is 0. The second kappa shape index (κ2) is 4.45. The van der Waals surface area contributed by atoms with E-state index < -0.39 is 0 Å². The summed E-state index contributed by atoms with van der Waals surface area (Å²) >= 11 is 1.78. The number of rotatable bonds is 2. The van der Waals surface area contributed by atoms with Gasteiger partial charge in [0, 0.05) is 0 Å². The summed E-state index contributed by atoms with van der Waals surface area (Å²) in [5, 5.41) is 0. The van der Waals surface area contributed by atoms with Crippen LogP contribution in [0.2, 0.25) is 0 Å². The average molecular weight is 311 g/mol. The van der Waals surface area contributed by atoms with E-state index in [1.165, 1.54) is 25.7 Å². The van der Waals surface area contributed by atoms with E-state index in [1.807, 2.05) is 0 Å². The van der Waals surface area contributed by atoms with Crippen molar-refractivity contribution in [2.45, 2.75) is 103 Å². The molecule has 0 saturated carbocycles. The van der Waals surface area contributed by atoms with Crippen LogP contribution in [0.5, 0.6) is 0 Å². The van der Waals surface area contributed by atoms with Gasteiger partial charge in [-0.05, 0) is 0 Å². The van der Waals surface area contributed by atoms with Crippen LogP contribution in [-0.2, 0) is 14.9 Å². The first-order valence-electron chi connectivity index (χ1n) is 7.59. The number of hydrogen-bond acceptors (Lipinski definition) is 2. The normalized spacial score (nSPS) is 33.1. The molecule has 0 aromatic rings. The SMILES string of the molecule is CC1(C)CCC(C)(C)[N]1[Ni][N]1C(C)(C)CCC1(C)C. The summed E-state index contributed by atoms with van der Waals surface area (Å²) in [6.07, 6.45) is 5.19. The maximum atomic E-state index is 2.68. The summed E-state index contributed by atoms with van der Waals surface area (Å²) in [5.41, 5.74) is 1.22. The maximum absolute atomic E-state index is 2.68. The van der Waals surface area contributed by atoms with Crippen molar-refractivity contribution in [3.05, 3.63) is 0 Å². The van der Waals surface area contributed by atoms with Gasteiger partial charge in [0.25, 0.3) is 0 Å². The van der Waals surface area contributed by atoms with Crippen molar-refractivity contribution in [1.82, 2.24) is 7.96 Å². The van der Waals surface area contributed by atoms with Crippen LogP contribution in [-0.4, -0.2) is 30.1 Å². The third kappa shape index (κ3) is 2.76. The fourth-order valence-electron chi connectivity index (χ4n) is 3.63. The van der Waals surface area contributed by atoms with Crippen LogP contribution in [0.1, 0.15) is 81.1 Å². The molecule has 2 nitrogen and oxygen atoms in total. The first-order chi connectivity index (χ1) is 8.39. The second-order valence-electron chi connectivity index (χ2n) is 8.82. The standard InChI is InChI=1S/2C8H16N.Ni/c2*1-7(2)5-6-8(3,4)9-7;/h2*5-6H2,1-4H3;/q2*-1;+2. The zero-order valence-corrected chi connectivity index (χ0v) is 15.0.